The monoisotopic (exact) mass is 304 g/mol. The van der Waals surface area contributed by atoms with E-state index < -0.39 is 0 Å². The van der Waals surface area contributed by atoms with Crippen LogP contribution >= 0.6 is 0 Å². The first-order valence-corrected chi connectivity index (χ1v) is 9.84. The molecule has 1 aromatic heterocycles. The number of hydrogen-bond donors (Lipinski definition) is 0. The molecule has 1 heterocycles. The first-order valence-electron chi connectivity index (χ1n) is 9.84. The van der Waals surface area contributed by atoms with E-state index in [-0.39, 0.29) is 0 Å². The van der Waals surface area contributed by atoms with E-state index in [4.69, 9.17) is 0 Å². The average Bonchev–Trinajstić information content (AvgIpc) is 2.56. The molecule has 0 saturated heterocycles. The van der Waals surface area contributed by atoms with Crippen LogP contribution in [0.2, 0.25) is 0 Å². The van der Waals surface area contributed by atoms with Gasteiger partial charge in [-0.1, -0.05) is 78.1 Å². The van der Waals surface area contributed by atoms with Gasteiger partial charge < -0.3 is 0 Å². The van der Waals surface area contributed by atoms with Crippen LogP contribution < -0.4 is 4.57 Å². The molecule has 0 amide bonds. The van der Waals surface area contributed by atoms with Gasteiger partial charge in [-0.15, -0.1) is 0 Å². The highest BCUT2D eigenvalue weighted by atomic mass is 14.9. The van der Waals surface area contributed by atoms with E-state index in [1.54, 1.807) is 0 Å². The van der Waals surface area contributed by atoms with E-state index in [0.29, 0.717) is 0 Å². The zero-order chi connectivity index (χ0) is 15.9. The van der Waals surface area contributed by atoms with Crippen molar-refractivity contribution < 1.29 is 4.57 Å². The van der Waals surface area contributed by atoms with E-state index in [1.807, 2.05) is 0 Å². The second kappa shape index (κ2) is 13.8. The molecule has 0 aliphatic carbocycles. The SMILES string of the molecule is CCCCCCCCCCCCCC[n+]1ccc(CC)cc1. The predicted octanol–water partition coefficient (Wildman–Crippen LogP) is 6.24. The molecule has 0 saturated carbocycles. The fourth-order valence-corrected chi connectivity index (χ4v) is 3.01. The molecule has 0 bridgehead atoms. The number of rotatable bonds is 14. The molecular weight excluding hydrogens is 266 g/mol. The number of pyridine rings is 1. The van der Waals surface area contributed by atoms with Gasteiger partial charge in [-0.2, -0.15) is 0 Å². The van der Waals surface area contributed by atoms with Gasteiger partial charge in [0.05, 0.1) is 0 Å². The van der Waals surface area contributed by atoms with Crippen LogP contribution in [0.3, 0.4) is 0 Å². The molecule has 0 unspecified atom stereocenters. The maximum Gasteiger partial charge on any atom is 0.169 e. The lowest BCUT2D eigenvalue weighted by molar-refractivity contribution is -0.697. The standard InChI is InChI=1S/C21H38N/c1-3-5-6-7-8-9-10-11-12-13-14-15-18-22-19-16-21(4-2)17-20-22/h16-17,19-20H,3-15,18H2,1-2H3/q+1. The third-order valence-corrected chi connectivity index (χ3v) is 4.64. The molecule has 1 heteroatoms. The first kappa shape index (κ1) is 19.2. The van der Waals surface area contributed by atoms with Crippen LogP contribution in [0.15, 0.2) is 24.5 Å². The smallest absolute Gasteiger partial charge is 0.169 e. The zero-order valence-electron chi connectivity index (χ0n) is 15.2. The Hall–Kier alpha value is -0.850. The van der Waals surface area contributed by atoms with Crippen molar-refractivity contribution in [3.05, 3.63) is 30.1 Å². The van der Waals surface area contributed by atoms with Gasteiger partial charge in [0, 0.05) is 18.6 Å². The van der Waals surface area contributed by atoms with Crippen LogP contribution in [0.1, 0.15) is 96.5 Å². The fraction of sp³-hybridized carbons (Fsp3) is 0.762. The van der Waals surface area contributed by atoms with Crippen molar-refractivity contribution in [3.8, 4) is 0 Å². The minimum absolute atomic E-state index is 1.14. The molecule has 0 fully saturated rings. The lowest BCUT2D eigenvalue weighted by atomic mass is 10.1. The predicted molar refractivity (Wildman–Crippen MR) is 97.1 cm³/mol. The van der Waals surface area contributed by atoms with Gasteiger partial charge in [0.25, 0.3) is 0 Å². The Balaban J connectivity index is 1.85. The molecule has 1 aromatic rings. The number of unbranched alkanes of at least 4 members (excludes halogenated alkanes) is 11. The Morgan fingerprint density at radius 3 is 1.55 bits per heavy atom. The molecular formula is C21H38N+. The normalized spacial score (nSPS) is 11.0. The van der Waals surface area contributed by atoms with Gasteiger partial charge in [-0.3, -0.25) is 0 Å². The zero-order valence-corrected chi connectivity index (χ0v) is 15.2. The summed E-state index contributed by atoms with van der Waals surface area (Å²) in [4.78, 5) is 0. The van der Waals surface area contributed by atoms with Gasteiger partial charge in [-0.05, 0) is 18.4 Å². The lowest BCUT2D eigenvalue weighted by Crippen LogP contribution is -2.32. The summed E-state index contributed by atoms with van der Waals surface area (Å²) >= 11 is 0. The van der Waals surface area contributed by atoms with Gasteiger partial charge in [0.1, 0.15) is 6.54 Å². The van der Waals surface area contributed by atoms with Crippen molar-refractivity contribution >= 4 is 0 Å². The molecule has 126 valence electrons. The van der Waals surface area contributed by atoms with Crippen LogP contribution in [0.4, 0.5) is 0 Å². The summed E-state index contributed by atoms with van der Waals surface area (Å²) in [5, 5.41) is 0. The lowest BCUT2D eigenvalue weighted by Gasteiger charge is -2.02. The van der Waals surface area contributed by atoms with Crippen LogP contribution in [0.25, 0.3) is 0 Å². The van der Waals surface area contributed by atoms with Gasteiger partial charge >= 0.3 is 0 Å². The Kier molecular flexibility index (Phi) is 12.0. The van der Waals surface area contributed by atoms with Gasteiger partial charge in [0.15, 0.2) is 12.4 Å². The molecule has 0 spiro atoms. The summed E-state index contributed by atoms with van der Waals surface area (Å²) in [6, 6.07) is 4.50. The van der Waals surface area contributed by atoms with Crippen molar-refractivity contribution in [2.45, 2.75) is 104 Å². The topological polar surface area (TPSA) is 3.88 Å². The van der Waals surface area contributed by atoms with Crippen LogP contribution in [0, 0.1) is 0 Å². The molecule has 0 radical (unpaired) electrons. The van der Waals surface area contributed by atoms with Crippen LogP contribution in [0.5, 0.6) is 0 Å². The Morgan fingerprint density at radius 1 is 0.636 bits per heavy atom. The Morgan fingerprint density at radius 2 is 1.09 bits per heavy atom. The quantitative estimate of drug-likeness (QED) is 0.283. The molecule has 1 nitrogen and oxygen atoms in total. The second-order valence-corrected chi connectivity index (χ2v) is 6.69. The molecule has 0 atom stereocenters. The van der Waals surface area contributed by atoms with Crippen molar-refractivity contribution in [1.82, 2.24) is 0 Å². The third kappa shape index (κ3) is 9.97. The van der Waals surface area contributed by atoms with E-state index in [9.17, 15) is 0 Å². The summed E-state index contributed by atoms with van der Waals surface area (Å²) in [5.41, 5.74) is 1.44. The second-order valence-electron chi connectivity index (χ2n) is 6.69. The van der Waals surface area contributed by atoms with Crippen LogP contribution in [-0.2, 0) is 13.0 Å². The van der Waals surface area contributed by atoms with E-state index in [1.165, 1.54) is 89.2 Å². The summed E-state index contributed by atoms with van der Waals surface area (Å²) in [6.45, 7) is 5.69. The summed E-state index contributed by atoms with van der Waals surface area (Å²) in [5.74, 6) is 0. The number of aromatic nitrogens is 1. The van der Waals surface area contributed by atoms with Crippen molar-refractivity contribution in [1.29, 1.82) is 0 Å². The Labute approximate surface area is 139 Å². The highest BCUT2D eigenvalue weighted by Gasteiger charge is 2.00. The molecule has 22 heavy (non-hydrogen) atoms. The highest BCUT2D eigenvalue weighted by Crippen LogP contribution is 2.11. The molecule has 0 aromatic carbocycles. The highest BCUT2D eigenvalue weighted by molar-refractivity contribution is 5.06. The summed E-state index contributed by atoms with van der Waals surface area (Å²) in [7, 11) is 0. The number of nitrogens with zero attached hydrogens (tertiary/aromatic N) is 1. The van der Waals surface area contributed by atoms with Crippen molar-refractivity contribution in [2.24, 2.45) is 0 Å². The minimum atomic E-state index is 1.14. The Bertz CT molecular complexity index is 341. The minimum Gasteiger partial charge on any atom is -0.205 e. The maximum absolute atomic E-state index is 2.33. The molecule has 1 rings (SSSR count). The van der Waals surface area contributed by atoms with E-state index in [2.05, 4.69) is 42.9 Å². The van der Waals surface area contributed by atoms with Gasteiger partial charge in [-0.25, -0.2) is 4.57 Å². The van der Waals surface area contributed by atoms with Gasteiger partial charge in [0.2, 0.25) is 0 Å². The maximum atomic E-state index is 2.33. The first-order chi connectivity index (χ1) is 10.9. The molecule has 0 aliphatic heterocycles. The van der Waals surface area contributed by atoms with E-state index in [0.717, 1.165) is 6.42 Å². The average molecular weight is 305 g/mol. The number of hydrogen-bond acceptors (Lipinski definition) is 0. The van der Waals surface area contributed by atoms with E-state index >= 15 is 0 Å². The molecule has 0 aliphatic rings. The largest absolute Gasteiger partial charge is 0.205 e. The summed E-state index contributed by atoms with van der Waals surface area (Å²) in [6.07, 6.45) is 22.7. The third-order valence-electron chi connectivity index (χ3n) is 4.64. The summed E-state index contributed by atoms with van der Waals surface area (Å²) < 4.78 is 2.33. The van der Waals surface area contributed by atoms with Crippen molar-refractivity contribution in [2.75, 3.05) is 0 Å². The van der Waals surface area contributed by atoms with Crippen molar-refractivity contribution in [3.63, 3.8) is 0 Å². The fourth-order valence-electron chi connectivity index (χ4n) is 3.01. The van der Waals surface area contributed by atoms with Crippen LogP contribution in [-0.4, -0.2) is 0 Å². The molecule has 0 N–H and O–H groups in total. The number of aryl methyl sites for hydroxylation is 2.